The SMILES string of the molecule is N#Cc1ccc(CN2C[C@H](F)C[C@H]2C(N)=O)c(Br)c1. The highest BCUT2D eigenvalue weighted by Gasteiger charge is 2.35. The standard InChI is InChI=1S/C13H13BrFN3O/c14-11-3-8(5-16)1-2-9(11)6-18-7-10(15)4-12(18)13(17)19/h1-3,10,12H,4,6-7H2,(H2,17,19)/t10-,12+/m1/s1. The van der Waals surface area contributed by atoms with E-state index in [1.807, 2.05) is 6.07 Å². The smallest absolute Gasteiger partial charge is 0.234 e. The van der Waals surface area contributed by atoms with Gasteiger partial charge in [0.15, 0.2) is 0 Å². The quantitative estimate of drug-likeness (QED) is 0.919. The Morgan fingerprint density at radius 2 is 2.37 bits per heavy atom. The van der Waals surface area contributed by atoms with Crippen molar-refractivity contribution in [1.29, 1.82) is 5.26 Å². The highest BCUT2D eigenvalue weighted by atomic mass is 79.9. The predicted octanol–water partition coefficient (Wildman–Crippen LogP) is 1.72. The second-order valence-corrected chi connectivity index (χ2v) is 5.45. The van der Waals surface area contributed by atoms with Gasteiger partial charge in [0, 0.05) is 24.0 Å². The maximum atomic E-state index is 13.4. The molecule has 4 nitrogen and oxygen atoms in total. The number of alkyl halides is 1. The Morgan fingerprint density at radius 1 is 1.63 bits per heavy atom. The molecule has 0 spiro atoms. The number of hydrogen-bond acceptors (Lipinski definition) is 3. The van der Waals surface area contributed by atoms with Crippen LogP contribution in [0, 0.1) is 11.3 Å². The van der Waals surface area contributed by atoms with Crippen molar-refractivity contribution in [2.75, 3.05) is 6.54 Å². The van der Waals surface area contributed by atoms with Crippen molar-refractivity contribution < 1.29 is 9.18 Å². The van der Waals surface area contributed by atoms with Gasteiger partial charge in [0.05, 0.1) is 17.7 Å². The molecule has 2 N–H and O–H groups in total. The fourth-order valence-electron chi connectivity index (χ4n) is 2.28. The lowest BCUT2D eigenvalue weighted by Crippen LogP contribution is -2.39. The van der Waals surface area contributed by atoms with Gasteiger partial charge in [0.1, 0.15) is 6.17 Å². The van der Waals surface area contributed by atoms with Crippen LogP contribution in [-0.2, 0) is 11.3 Å². The average molecular weight is 326 g/mol. The molecule has 19 heavy (non-hydrogen) atoms. The number of primary amides is 1. The van der Waals surface area contributed by atoms with Crippen LogP contribution in [0.25, 0.3) is 0 Å². The number of hydrogen-bond donors (Lipinski definition) is 1. The number of halogens is 2. The summed E-state index contributed by atoms with van der Waals surface area (Å²) in [5.41, 5.74) is 6.74. The fraction of sp³-hybridized carbons (Fsp3) is 0.385. The normalized spacial score (nSPS) is 23.2. The largest absolute Gasteiger partial charge is 0.368 e. The van der Waals surface area contributed by atoms with Gasteiger partial charge in [-0.1, -0.05) is 22.0 Å². The molecule has 1 fully saturated rings. The fourth-order valence-corrected chi connectivity index (χ4v) is 2.79. The lowest BCUT2D eigenvalue weighted by molar-refractivity contribution is -0.122. The minimum atomic E-state index is -1.02. The van der Waals surface area contributed by atoms with Crippen molar-refractivity contribution in [3.05, 3.63) is 33.8 Å². The van der Waals surface area contributed by atoms with Crippen LogP contribution in [0.1, 0.15) is 17.5 Å². The van der Waals surface area contributed by atoms with Crippen molar-refractivity contribution in [3.8, 4) is 6.07 Å². The van der Waals surface area contributed by atoms with Gasteiger partial charge in [0.2, 0.25) is 5.91 Å². The summed E-state index contributed by atoms with van der Waals surface area (Å²) in [6, 6.07) is 6.69. The van der Waals surface area contributed by atoms with E-state index in [4.69, 9.17) is 11.0 Å². The number of carbonyl (C=O) groups excluding carboxylic acids is 1. The summed E-state index contributed by atoms with van der Waals surface area (Å²) in [6.45, 7) is 0.639. The minimum Gasteiger partial charge on any atom is -0.368 e. The Hall–Kier alpha value is -1.45. The monoisotopic (exact) mass is 325 g/mol. The third-order valence-electron chi connectivity index (χ3n) is 3.24. The van der Waals surface area contributed by atoms with Crippen LogP contribution >= 0.6 is 15.9 Å². The number of nitrogens with two attached hydrogens (primary N) is 1. The highest BCUT2D eigenvalue weighted by Crippen LogP contribution is 2.26. The molecule has 0 aromatic heterocycles. The Bertz CT molecular complexity index is 543. The molecule has 0 radical (unpaired) electrons. The first kappa shape index (κ1) is 14.0. The Morgan fingerprint density at radius 3 is 2.95 bits per heavy atom. The van der Waals surface area contributed by atoms with Crippen molar-refractivity contribution in [3.63, 3.8) is 0 Å². The molecular formula is C13H13BrFN3O. The Kier molecular flexibility index (Phi) is 4.17. The molecule has 0 unspecified atom stereocenters. The van der Waals surface area contributed by atoms with Gasteiger partial charge in [-0.25, -0.2) is 4.39 Å². The Balaban J connectivity index is 2.17. The zero-order valence-electron chi connectivity index (χ0n) is 10.1. The molecule has 1 amide bonds. The summed E-state index contributed by atoms with van der Waals surface area (Å²) in [4.78, 5) is 13.0. The van der Waals surface area contributed by atoms with E-state index in [-0.39, 0.29) is 13.0 Å². The number of rotatable bonds is 3. The van der Waals surface area contributed by atoms with E-state index in [1.54, 1.807) is 23.1 Å². The van der Waals surface area contributed by atoms with Crippen LogP contribution in [-0.4, -0.2) is 29.6 Å². The molecule has 0 aliphatic carbocycles. The van der Waals surface area contributed by atoms with Crippen LogP contribution in [0.15, 0.2) is 22.7 Å². The van der Waals surface area contributed by atoms with Gasteiger partial charge < -0.3 is 5.73 Å². The molecule has 100 valence electrons. The van der Waals surface area contributed by atoms with E-state index in [0.29, 0.717) is 12.1 Å². The summed E-state index contributed by atoms with van der Waals surface area (Å²) >= 11 is 3.38. The lowest BCUT2D eigenvalue weighted by atomic mass is 10.1. The highest BCUT2D eigenvalue weighted by molar-refractivity contribution is 9.10. The summed E-state index contributed by atoms with van der Waals surface area (Å²) in [5.74, 6) is -0.495. The van der Waals surface area contributed by atoms with Crippen LogP contribution in [0.5, 0.6) is 0 Å². The number of nitriles is 1. The summed E-state index contributed by atoms with van der Waals surface area (Å²) in [5, 5.41) is 8.79. The molecule has 1 aliphatic heterocycles. The second kappa shape index (κ2) is 5.68. The molecule has 1 aromatic carbocycles. The first-order chi connectivity index (χ1) is 9.01. The predicted molar refractivity (Wildman–Crippen MR) is 71.8 cm³/mol. The zero-order valence-corrected chi connectivity index (χ0v) is 11.7. The van der Waals surface area contributed by atoms with Gasteiger partial charge in [-0.3, -0.25) is 9.69 Å². The second-order valence-electron chi connectivity index (χ2n) is 4.60. The number of carbonyl (C=O) groups is 1. The van der Waals surface area contributed by atoms with Crippen molar-refractivity contribution in [1.82, 2.24) is 4.90 Å². The van der Waals surface area contributed by atoms with E-state index < -0.39 is 18.1 Å². The zero-order chi connectivity index (χ0) is 14.0. The maximum Gasteiger partial charge on any atom is 0.234 e. The van der Waals surface area contributed by atoms with E-state index in [2.05, 4.69) is 15.9 Å². The van der Waals surface area contributed by atoms with Gasteiger partial charge in [-0.15, -0.1) is 0 Å². The van der Waals surface area contributed by atoms with Crippen molar-refractivity contribution >= 4 is 21.8 Å². The summed E-state index contributed by atoms with van der Waals surface area (Å²) in [7, 11) is 0. The first-order valence-corrected chi connectivity index (χ1v) is 6.66. The van der Waals surface area contributed by atoms with Gasteiger partial charge in [-0.05, 0) is 17.7 Å². The van der Waals surface area contributed by atoms with E-state index in [9.17, 15) is 9.18 Å². The molecule has 1 saturated heterocycles. The minimum absolute atomic E-state index is 0.156. The third kappa shape index (κ3) is 3.11. The number of amides is 1. The van der Waals surface area contributed by atoms with Crippen LogP contribution in [0.3, 0.4) is 0 Å². The number of benzene rings is 1. The number of likely N-dealkylation sites (tertiary alicyclic amines) is 1. The molecule has 1 heterocycles. The Labute approximate surface area is 119 Å². The first-order valence-electron chi connectivity index (χ1n) is 5.87. The summed E-state index contributed by atoms with van der Waals surface area (Å²) < 4.78 is 14.2. The van der Waals surface area contributed by atoms with Crippen molar-refractivity contribution in [2.45, 2.75) is 25.2 Å². The third-order valence-corrected chi connectivity index (χ3v) is 3.97. The van der Waals surface area contributed by atoms with Crippen LogP contribution < -0.4 is 5.73 Å². The van der Waals surface area contributed by atoms with Gasteiger partial charge >= 0.3 is 0 Å². The van der Waals surface area contributed by atoms with Gasteiger partial charge in [0.25, 0.3) is 0 Å². The van der Waals surface area contributed by atoms with Crippen LogP contribution in [0.2, 0.25) is 0 Å². The summed E-state index contributed by atoms with van der Waals surface area (Å²) in [6.07, 6.45) is -0.863. The molecule has 2 atom stereocenters. The molecule has 0 saturated carbocycles. The van der Waals surface area contributed by atoms with Crippen molar-refractivity contribution in [2.24, 2.45) is 5.73 Å². The average Bonchev–Trinajstić information content (AvgIpc) is 2.73. The maximum absolute atomic E-state index is 13.4. The molecule has 1 aliphatic rings. The number of nitrogens with zero attached hydrogens (tertiary/aromatic N) is 2. The van der Waals surface area contributed by atoms with Gasteiger partial charge in [-0.2, -0.15) is 5.26 Å². The van der Waals surface area contributed by atoms with E-state index in [1.165, 1.54) is 0 Å². The topological polar surface area (TPSA) is 70.1 Å². The molecule has 1 aromatic rings. The molecular weight excluding hydrogens is 313 g/mol. The molecule has 2 rings (SSSR count). The molecule has 6 heteroatoms. The van der Waals surface area contributed by atoms with Crippen LogP contribution in [0.4, 0.5) is 4.39 Å². The van der Waals surface area contributed by atoms with E-state index in [0.717, 1.165) is 10.0 Å². The van der Waals surface area contributed by atoms with E-state index >= 15 is 0 Å². The lowest BCUT2D eigenvalue weighted by Gasteiger charge is -2.22. The molecule has 0 bridgehead atoms.